The second-order valence-corrected chi connectivity index (χ2v) is 7.07. The van der Waals surface area contributed by atoms with Gasteiger partial charge in [-0.3, -0.25) is 4.79 Å². The Morgan fingerprint density at radius 2 is 1.90 bits per heavy atom. The van der Waals surface area contributed by atoms with Crippen LogP contribution < -0.4 is 11.1 Å². The van der Waals surface area contributed by atoms with E-state index in [9.17, 15) is 4.79 Å². The summed E-state index contributed by atoms with van der Waals surface area (Å²) in [6, 6.07) is 11.3. The summed E-state index contributed by atoms with van der Waals surface area (Å²) in [6.45, 7) is 3.92. The Balaban J connectivity index is 1.39. The summed E-state index contributed by atoms with van der Waals surface area (Å²) in [5, 5.41) is 7.41. The smallest absolute Gasteiger partial charge is 0.253 e. The van der Waals surface area contributed by atoms with Gasteiger partial charge in [-0.05, 0) is 30.8 Å². The van der Waals surface area contributed by atoms with Gasteiger partial charge in [0, 0.05) is 56.7 Å². The van der Waals surface area contributed by atoms with Crippen molar-refractivity contribution in [3.8, 4) is 5.82 Å². The number of benzene rings is 1. The molecular weight excluding hydrogens is 368 g/mol. The fourth-order valence-corrected chi connectivity index (χ4v) is 3.21. The van der Waals surface area contributed by atoms with Crippen molar-refractivity contribution in [3.05, 3.63) is 59.9 Å². The molecule has 1 aliphatic heterocycles. The lowest BCUT2D eigenvalue weighted by molar-refractivity contribution is 0.0664. The number of carbonyl (C=O) groups is 1. The van der Waals surface area contributed by atoms with Crippen molar-refractivity contribution >= 4 is 17.7 Å². The molecule has 0 radical (unpaired) electrons. The van der Waals surface area contributed by atoms with Crippen molar-refractivity contribution in [2.24, 2.45) is 0 Å². The van der Waals surface area contributed by atoms with Crippen molar-refractivity contribution < 1.29 is 4.79 Å². The van der Waals surface area contributed by atoms with Crippen molar-refractivity contribution in [2.75, 3.05) is 44.3 Å². The molecule has 29 heavy (non-hydrogen) atoms. The van der Waals surface area contributed by atoms with Gasteiger partial charge in [0.1, 0.15) is 5.82 Å². The number of amides is 1. The van der Waals surface area contributed by atoms with E-state index in [1.54, 1.807) is 23.1 Å². The van der Waals surface area contributed by atoms with E-state index in [0.717, 1.165) is 31.7 Å². The van der Waals surface area contributed by atoms with Gasteiger partial charge in [0.2, 0.25) is 5.95 Å². The Labute approximate surface area is 169 Å². The maximum Gasteiger partial charge on any atom is 0.253 e. The second-order valence-electron chi connectivity index (χ2n) is 7.07. The number of anilines is 2. The minimum atomic E-state index is 0.0880. The lowest BCUT2D eigenvalue weighted by atomic mass is 10.1. The Bertz CT molecular complexity index is 963. The highest BCUT2D eigenvalue weighted by atomic mass is 16.2. The van der Waals surface area contributed by atoms with Crippen LogP contribution in [0.25, 0.3) is 5.82 Å². The van der Waals surface area contributed by atoms with Crippen LogP contribution in [0.15, 0.2) is 48.8 Å². The number of piperazine rings is 1. The number of aromatic nitrogens is 4. The molecule has 4 rings (SSSR count). The van der Waals surface area contributed by atoms with Crippen LogP contribution in [0, 0.1) is 0 Å². The lowest BCUT2D eigenvalue weighted by Crippen LogP contribution is -2.47. The Morgan fingerprint density at radius 3 is 2.59 bits per heavy atom. The summed E-state index contributed by atoms with van der Waals surface area (Å²) in [7, 11) is 2.08. The van der Waals surface area contributed by atoms with Crippen LogP contribution in [-0.4, -0.2) is 68.7 Å². The predicted octanol–water partition coefficient (Wildman–Crippen LogP) is 1.24. The van der Waals surface area contributed by atoms with Gasteiger partial charge in [-0.1, -0.05) is 12.1 Å². The van der Waals surface area contributed by atoms with Crippen LogP contribution in [0.1, 0.15) is 15.9 Å². The molecule has 2 aromatic heterocycles. The third-order valence-electron chi connectivity index (χ3n) is 4.93. The molecule has 1 saturated heterocycles. The minimum absolute atomic E-state index is 0.0880. The molecule has 3 N–H and O–H groups in total. The Morgan fingerprint density at radius 1 is 1.14 bits per heavy atom. The molecule has 9 heteroatoms. The quantitative estimate of drug-likeness (QED) is 0.673. The van der Waals surface area contributed by atoms with Gasteiger partial charge in [-0.15, -0.1) is 0 Å². The van der Waals surface area contributed by atoms with E-state index < -0.39 is 0 Å². The summed E-state index contributed by atoms with van der Waals surface area (Å²) in [5.41, 5.74) is 7.57. The number of rotatable bonds is 5. The zero-order valence-corrected chi connectivity index (χ0v) is 16.3. The van der Waals surface area contributed by atoms with Crippen molar-refractivity contribution in [2.45, 2.75) is 6.54 Å². The van der Waals surface area contributed by atoms with Crippen LogP contribution in [0.4, 0.5) is 11.8 Å². The maximum atomic E-state index is 12.6. The van der Waals surface area contributed by atoms with E-state index in [-0.39, 0.29) is 11.9 Å². The molecule has 0 saturated carbocycles. The number of nitrogen functional groups attached to an aromatic ring is 1. The molecule has 150 valence electrons. The highest BCUT2D eigenvalue weighted by Gasteiger charge is 2.20. The van der Waals surface area contributed by atoms with Gasteiger partial charge in [0.05, 0.1) is 0 Å². The Hall–Kier alpha value is -3.46. The standard InChI is InChI=1S/C20H24N8O/c1-26-9-11-27(12-10-26)19(29)16-5-3-15(4-6-16)14-22-17-13-18(25-20(21)24-17)28-8-2-7-23-28/h2-8,13H,9-12,14H2,1H3,(H3,21,22,24,25). The minimum Gasteiger partial charge on any atom is -0.368 e. The van der Waals surface area contributed by atoms with Gasteiger partial charge in [0.15, 0.2) is 5.82 Å². The topological polar surface area (TPSA) is 105 Å². The molecule has 0 spiro atoms. The number of nitrogens with two attached hydrogens (primary N) is 1. The highest BCUT2D eigenvalue weighted by molar-refractivity contribution is 5.94. The largest absolute Gasteiger partial charge is 0.368 e. The molecule has 0 unspecified atom stereocenters. The molecule has 1 amide bonds. The molecule has 3 aromatic rings. The number of hydrogen-bond donors (Lipinski definition) is 2. The van der Waals surface area contributed by atoms with Crippen molar-refractivity contribution in [1.82, 2.24) is 29.5 Å². The average Bonchev–Trinajstić information content (AvgIpc) is 3.27. The zero-order chi connectivity index (χ0) is 20.2. The van der Waals surface area contributed by atoms with E-state index in [4.69, 9.17) is 5.73 Å². The summed E-state index contributed by atoms with van der Waals surface area (Å²) < 4.78 is 1.63. The lowest BCUT2D eigenvalue weighted by Gasteiger charge is -2.32. The summed E-state index contributed by atoms with van der Waals surface area (Å²) in [6.07, 6.45) is 3.47. The first-order chi connectivity index (χ1) is 14.1. The van der Waals surface area contributed by atoms with Crippen LogP contribution in [0.3, 0.4) is 0 Å². The predicted molar refractivity (Wildman–Crippen MR) is 111 cm³/mol. The fourth-order valence-electron chi connectivity index (χ4n) is 3.21. The summed E-state index contributed by atoms with van der Waals surface area (Å²) >= 11 is 0. The number of hydrogen-bond acceptors (Lipinski definition) is 7. The van der Waals surface area contributed by atoms with Crippen LogP contribution in [0.2, 0.25) is 0 Å². The molecule has 1 fully saturated rings. The van der Waals surface area contributed by atoms with Crippen molar-refractivity contribution in [1.29, 1.82) is 0 Å². The molecule has 1 aromatic carbocycles. The average molecular weight is 392 g/mol. The van der Waals surface area contributed by atoms with Crippen LogP contribution >= 0.6 is 0 Å². The third kappa shape index (κ3) is 4.52. The van der Waals surface area contributed by atoms with E-state index >= 15 is 0 Å². The van der Waals surface area contributed by atoms with Gasteiger partial charge in [-0.25, -0.2) is 4.68 Å². The van der Waals surface area contributed by atoms with Gasteiger partial charge in [-0.2, -0.15) is 15.1 Å². The normalized spacial score (nSPS) is 14.7. The molecule has 0 aliphatic carbocycles. The third-order valence-corrected chi connectivity index (χ3v) is 4.93. The molecule has 1 aliphatic rings. The molecule has 9 nitrogen and oxygen atoms in total. The van der Waals surface area contributed by atoms with E-state index in [1.165, 1.54) is 0 Å². The van der Waals surface area contributed by atoms with Gasteiger partial charge < -0.3 is 20.9 Å². The zero-order valence-electron chi connectivity index (χ0n) is 16.3. The number of nitrogens with one attached hydrogen (secondary N) is 1. The number of likely N-dealkylation sites (N-methyl/N-ethyl adjacent to an activating group) is 1. The first-order valence-electron chi connectivity index (χ1n) is 9.54. The fraction of sp³-hybridized carbons (Fsp3) is 0.300. The summed E-state index contributed by atoms with van der Waals surface area (Å²) in [4.78, 5) is 25.2. The molecular formula is C20H24N8O. The number of carbonyl (C=O) groups excluding carboxylic acids is 1. The van der Waals surface area contributed by atoms with Crippen LogP contribution in [-0.2, 0) is 6.54 Å². The first-order valence-corrected chi connectivity index (χ1v) is 9.54. The van der Waals surface area contributed by atoms with Crippen molar-refractivity contribution in [3.63, 3.8) is 0 Å². The monoisotopic (exact) mass is 392 g/mol. The van der Waals surface area contributed by atoms with E-state index in [1.807, 2.05) is 35.2 Å². The van der Waals surface area contributed by atoms with E-state index in [0.29, 0.717) is 23.7 Å². The summed E-state index contributed by atoms with van der Waals surface area (Å²) in [5.74, 6) is 1.47. The second kappa shape index (κ2) is 8.27. The van der Waals surface area contributed by atoms with Crippen LogP contribution in [0.5, 0.6) is 0 Å². The SMILES string of the molecule is CN1CCN(C(=O)c2ccc(CNc3cc(-n4cccn4)nc(N)n3)cc2)CC1. The number of nitrogens with zero attached hydrogens (tertiary/aromatic N) is 6. The Kier molecular flexibility index (Phi) is 5.39. The molecule has 0 bridgehead atoms. The van der Waals surface area contributed by atoms with E-state index in [2.05, 4.69) is 32.3 Å². The molecule has 0 atom stereocenters. The first kappa shape index (κ1) is 18.9. The van der Waals surface area contributed by atoms with Gasteiger partial charge in [0.25, 0.3) is 5.91 Å². The highest BCUT2D eigenvalue weighted by Crippen LogP contribution is 2.14. The molecule has 3 heterocycles. The van der Waals surface area contributed by atoms with Gasteiger partial charge >= 0.3 is 0 Å². The maximum absolute atomic E-state index is 12.6.